The van der Waals surface area contributed by atoms with E-state index in [0.29, 0.717) is 0 Å². The molecule has 0 saturated heterocycles. The van der Waals surface area contributed by atoms with Crippen molar-refractivity contribution in [2.45, 2.75) is 26.2 Å². The summed E-state index contributed by atoms with van der Waals surface area (Å²) in [5, 5.41) is 4.90. The van der Waals surface area contributed by atoms with Gasteiger partial charge in [0.05, 0.1) is 10.7 Å². The molecule has 2 rings (SSSR count). The third-order valence-corrected chi connectivity index (χ3v) is 3.77. The summed E-state index contributed by atoms with van der Waals surface area (Å²) < 4.78 is 0. The molecule has 0 heterocycles. The molecule has 0 bridgehead atoms. The molecule has 82 valence electrons. The molecule has 1 saturated carbocycles. The molecule has 1 aromatic rings. The van der Waals surface area contributed by atoms with Gasteiger partial charge in [-0.3, -0.25) is 0 Å². The number of halogens is 2. The number of aryl methyl sites for hydroxylation is 1. The fourth-order valence-electron chi connectivity index (χ4n) is 1.73. The minimum Gasteiger partial charge on any atom is -0.384 e. The summed E-state index contributed by atoms with van der Waals surface area (Å²) in [5.74, 6) is 0.821. The summed E-state index contributed by atoms with van der Waals surface area (Å²) in [6.45, 7) is 2.98. The summed E-state index contributed by atoms with van der Waals surface area (Å²) in [5.41, 5.74) is 1.98. The summed E-state index contributed by atoms with van der Waals surface area (Å²) in [7, 11) is 0. The number of rotatable bonds is 3. The zero-order valence-corrected chi connectivity index (χ0v) is 10.3. The number of hydrogen-bond donors (Lipinski definition) is 1. The highest BCUT2D eigenvalue weighted by Crippen LogP contribution is 2.31. The Hall–Kier alpha value is -0.400. The second-order valence-corrected chi connectivity index (χ2v) is 5.07. The van der Waals surface area contributed by atoms with Gasteiger partial charge in [-0.1, -0.05) is 29.6 Å². The van der Waals surface area contributed by atoms with E-state index in [1.54, 1.807) is 0 Å². The van der Waals surface area contributed by atoms with Crippen LogP contribution in [0.1, 0.15) is 24.8 Å². The molecule has 0 unspecified atom stereocenters. The van der Waals surface area contributed by atoms with Crippen LogP contribution in [0.3, 0.4) is 0 Å². The van der Waals surface area contributed by atoms with Crippen LogP contribution < -0.4 is 5.32 Å². The SMILES string of the molecule is Cc1cc(Cl)c(NCC2CCC2)cc1Cl. The molecule has 1 aromatic carbocycles. The predicted molar refractivity (Wildman–Crippen MR) is 67.0 cm³/mol. The Labute approximate surface area is 101 Å². The van der Waals surface area contributed by atoms with Gasteiger partial charge in [-0.25, -0.2) is 0 Å². The summed E-state index contributed by atoms with van der Waals surface area (Å²) in [4.78, 5) is 0. The molecule has 0 atom stereocenters. The van der Waals surface area contributed by atoms with E-state index in [-0.39, 0.29) is 0 Å². The Bertz CT molecular complexity index is 359. The van der Waals surface area contributed by atoms with Crippen LogP contribution in [0.4, 0.5) is 5.69 Å². The highest BCUT2D eigenvalue weighted by Gasteiger charge is 2.17. The van der Waals surface area contributed by atoms with Crippen molar-refractivity contribution < 1.29 is 0 Å². The zero-order chi connectivity index (χ0) is 10.8. The summed E-state index contributed by atoms with van der Waals surface area (Å²) in [6.07, 6.45) is 4.04. The van der Waals surface area contributed by atoms with Crippen LogP contribution in [-0.4, -0.2) is 6.54 Å². The lowest BCUT2D eigenvalue weighted by atomic mass is 9.85. The van der Waals surface area contributed by atoms with Crippen LogP contribution in [0, 0.1) is 12.8 Å². The molecule has 0 aliphatic heterocycles. The van der Waals surface area contributed by atoms with Crippen molar-refractivity contribution in [1.29, 1.82) is 0 Å². The topological polar surface area (TPSA) is 12.0 Å². The van der Waals surface area contributed by atoms with Gasteiger partial charge in [0.2, 0.25) is 0 Å². The largest absolute Gasteiger partial charge is 0.384 e. The minimum absolute atomic E-state index is 0.760. The first-order valence-electron chi connectivity index (χ1n) is 5.36. The van der Waals surface area contributed by atoms with Gasteiger partial charge < -0.3 is 5.32 Å². The van der Waals surface area contributed by atoms with E-state index in [9.17, 15) is 0 Å². The molecular weight excluding hydrogens is 229 g/mol. The smallest absolute Gasteiger partial charge is 0.0641 e. The molecule has 15 heavy (non-hydrogen) atoms. The highest BCUT2D eigenvalue weighted by atomic mass is 35.5. The number of nitrogens with one attached hydrogen (secondary N) is 1. The third-order valence-electron chi connectivity index (χ3n) is 3.05. The van der Waals surface area contributed by atoms with Gasteiger partial charge in [-0.15, -0.1) is 0 Å². The molecule has 1 N–H and O–H groups in total. The lowest BCUT2D eigenvalue weighted by molar-refractivity contribution is 0.333. The first-order valence-corrected chi connectivity index (χ1v) is 6.12. The average Bonchev–Trinajstić information content (AvgIpc) is 2.11. The fraction of sp³-hybridized carbons (Fsp3) is 0.500. The Balaban J connectivity index is 2.03. The quantitative estimate of drug-likeness (QED) is 0.824. The standard InChI is InChI=1S/C12H15Cl2N/c1-8-5-11(14)12(6-10(8)13)15-7-9-3-2-4-9/h5-6,9,15H,2-4,7H2,1H3. The van der Waals surface area contributed by atoms with Crippen molar-refractivity contribution in [2.24, 2.45) is 5.92 Å². The molecule has 1 fully saturated rings. The van der Waals surface area contributed by atoms with E-state index in [4.69, 9.17) is 23.2 Å². The Morgan fingerprint density at radius 3 is 2.60 bits per heavy atom. The molecule has 0 amide bonds. The predicted octanol–water partition coefficient (Wildman–Crippen LogP) is 4.51. The fourth-order valence-corrected chi connectivity index (χ4v) is 2.18. The number of benzene rings is 1. The maximum Gasteiger partial charge on any atom is 0.0641 e. The Kier molecular flexibility index (Phi) is 3.42. The second-order valence-electron chi connectivity index (χ2n) is 4.26. The average molecular weight is 244 g/mol. The molecule has 1 aliphatic carbocycles. The van der Waals surface area contributed by atoms with Crippen LogP contribution in [-0.2, 0) is 0 Å². The van der Waals surface area contributed by atoms with E-state index in [2.05, 4.69) is 5.32 Å². The van der Waals surface area contributed by atoms with Crippen LogP contribution >= 0.6 is 23.2 Å². The van der Waals surface area contributed by atoms with Crippen LogP contribution in [0.2, 0.25) is 10.0 Å². The lowest BCUT2D eigenvalue weighted by Gasteiger charge is -2.26. The van der Waals surface area contributed by atoms with Gasteiger partial charge >= 0.3 is 0 Å². The van der Waals surface area contributed by atoms with E-state index in [1.807, 2.05) is 19.1 Å². The van der Waals surface area contributed by atoms with E-state index in [0.717, 1.165) is 33.8 Å². The van der Waals surface area contributed by atoms with Gasteiger partial charge in [-0.05, 0) is 43.4 Å². The second kappa shape index (κ2) is 4.63. The van der Waals surface area contributed by atoms with E-state index >= 15 is 0 Å². The minimum atomic E-state index is 0.760. The van der Waals surface area contributed by atoms with Gasteiger partial charge in [0.1, 0.15) is 0 Å². The first kappa shape index (κ1) is 11.1. The van der Waals surface area contributed by atoms with Crippen molar-refractivity contribution in [3.63, 3.8) is 0 Å². The van der Waals surface area contributed by atoms with Crippen LogP contribution in [0.15, 0.2) is 12.1 Å². The highest BCUT2D eigenvalue weighted by molar-refractivity contribution is 6.35. The van der Waals surface area contributed by atoms with Crippen molar-refractivity contribution in [2.75, 3.05) is 11.9 Å². The van der Waals surface area contributed by atoms with Gasteiger partial charge in [0.25, 0.3) is 0 Å². The molecule has 0 aromatic heterocycles. The Morgan fingerprint density at radius 1 is 1.27 bits per heavy atom. The lowest BCUT2D eigenvalue weighted by Crippen LogP contribution is -2.21. The maximum absolute atomic E-state index is 6.13. The van der Waals surface area contributed by atoms with Crippen molar-refractivity contribution >= 4 is 28.9 Å². The Morgan fingerprint density at radius 2 is 2.00 bits per heavy atom. The van der Waals surface area contributed by atoms with Crippen LogP contribution in [0.25, 0.3) is 0 Å². The number of hydrogen-bond acceptors (Lipinski definition) is 1. The molecular formula is C12H15Cl2N. The maximum atomic E-state index is 6.13. The molecule has 0 radical (unpaired) electrons. The van der Waals surface area contributed by atoms with Crippen molar-refractivity contribution in [3.05, 3.63) is 27.7 Å². The van der Waals surface area contributed by atoms with E-state index in [1.165, 1.54) is 19.3 Å². The normalized spacial score (nSPS) is 16.2. The molecule has 0 spiro atoms. The molecule has 3 heteroatoms. The first-order chi connectivity index (χ1) is 7.16. The molecule has 1 nitrogen and oxygen atoms in total. The summed E-state index contributed by atoms with van der Waals surface area (Å²) in [6, 6.07) is 3.82. The monoisotopic (exact) mass is 243 g/mol. The van der Waals surface area contributed by atoms with E-state index < -0.39 is 0 Å². The van der Waals surface area contributed by atoms with Gasteiger partial charge in [0, 0.05) is 11.6 Å². The van der Waals surface area contributed by atoms with Crippen LogP contribution in [0.5, 0.6) is 0 Å². The third kappa shape index (κ3) is 2.59. The van der Waals surface area contributed by atoms with Gasteiger partial charge in [-0.2, -0.15) is 0 Å². The molecule has 1 aliphatic rings. The number of anilines is 1. The summed E-state index contributed by atoms with van der Waals surface area (Å²) >= 11 is 12.2. The van der Waals surface area contributed by atoms with Crippen molar-refractivity contribution in [1.82, 2.24) is 0 Å². The van der Waals surface area contributed by atoms with Crippen molar-refractivity contribution in [3.8, 4) is 0 Å². The van der Waals surface area contributed by atoms with Gasteiger partial charge in [0.15, 0.2) is 0 Å². The zero-order valence-electron chi connectivity index (χ0n) is 8.82.